The maximum absolute atomic E-state index is 13.1. The molecular weight excluding hydrogens is 483 g/mol. The third-order valence-electron chi connectivity index (χ3n) is 5.45. The van der Waals surface area contributed by atoms with Gasteiger partial charge in [-0.25, -0.2) is 4.39 Å². The monoisotopic (exact) mass is 512 g/mol. The zero-order valence-corrected chi connectivity index (χ0v) is 20.9. The summed E-state index contributed by atoms with van der Waals surface area (Å²) in [6, 6.07) is 10.8. The maximum Gasteiger partial charge on any atom is 0.269 e. The predicted molar refractivity (Wildman–Crippen MR) is 131 cm³/mol. The van der Waals surface area contributed by atoms with Crippen molar-refractivity contribution in [3.05, 3.63) is 77.6 Å². The van der Waals surface area contributed by atoms with Crippen LogP contribution >= 0.6 is 11.6 Å². The smallest absolute Gasteiger partial charge is 0.269 e. The van der Waals surface area contributed by atoms with Crippen molar-refractivity contribution in [2.45, 2.75) is 38.2 Å². The standard InChI is InChI=1S/C22H26ClFN2O5S.C2H4/c1-15-11-26(16(2)10-25(15)12-17-3-6-20(24)7-4-17)22(27)13-31-21-8-5-19(23)9-18(21)14-32(28,29)30;1-2/h3-9,15-16H,10-14H2,1-2H3,(H,28,29,30);1-2H2/t15-,16+;/m0./s1. The molecule has 1 aliphatic heterocycles. The van der Waals surface area contributed by atoms with Gasteiger partial charge in [-0.2, -0.15) is 8.42 Å². The molecule has 0 aromatic heterocycles. The number of rotatable bonds is 7. The van der Waals surface area contributed by atoms with Crippen molar-refractivity contribution in [1.29, 1.82) is 0 Å². The van der Waals surface area contributed by atoms with E-state index in [-0.39, 0.29) is 41.7 Å². The minimum absolute atomic E-state index is 0.0646. The number of amides is 1. The Hall–Kier alpha value is -2.46. The number of hydrogen-bond donors (Lipinski definition) is 1. The predicted octanol–water partition coefficient (Wildman–Crippen LogP) is 4.17. The van der Waals surface area contributed by atoms with Crippen molar-refractivity contribution in [2.24, 2.45) is 0 Å². The lowest BCUT2D eigenvalue weighted by molar-refractivity contribution is -0.139. The molecule has 7 nitrogen and oxygen atoms in total. The zero-order valence-electron chi connectivity index (χ0n) is 19.3. The van der Waals surface area contributed by atoms with E-state index in [0.717, 1.165) is 5.56 Å². The van der Waals surface area contributed by atoms with Gasteiger partial charge >= 0.3 is 0 Å². The lowest BCUT2D eigenvalue weighted by atomic mass is 10.1. The molecule has 0 unspecified atom stereocenters. The highest BCUT2D eigenvalue weighted by Gasteiger charge is 2.32. The zero-order chi connectivity index (χ0) is 25.5. The Morgan fingerprint density at radius 2 is 1.79 bits per heavy atom. The second-order valence-electron chi connectivity index (χ2n) is 8.07. The van der Waals surface area contributed by atoms with Crippen LogP contribution in [0.1, 0.15) is 25.0 Å². The van der Waals surface area contributed by atoms with E-state index in [9.17, 15) is 17.6 Å². The first-order valence-electron chi connectivity index (χ1n) is 10.7. The highest BCUT2D eigenvalue weighted by molar-refractivity contribution is 7.85. The van der Waals surface area contributed by atoms with Crippen molar-refractivity contribution < 1.29 is 26.9 Å². The summed E-state index contributed by atoms with van der Waals surface area (Å²) in [7, 11) is -4.29. The molecule has 0 saturated carbocycles. The minimum Gasteiger partial charge on any atom is -0.483 e. The van der Waals surface area contributed by atoms with Gasteiger partial charge in [0.2, 0.25) is 0 Å². The Morgan fingerprint density at radius 3 is 2.41 bits per heavy atom. The van der Waals surface area contributed by atoms with Gasteiger partial charge in [-0.05, 0) is 49.7 Å². The molecule has 1 amide bonds. The van der Waals surface area contributed by atoms with Gasteiger partial charge in [0.05, 0.1) is 0 Å². The summed E-state index contributed by atoms with van der Waals surface area (Å²) in [6.07, 6.45) is 0. The highest BCUT2D eigenvalue weighted by atomic mass is 35.5. The molecule has 186 valence electrons. The lowest BCUT2D eigenvalue weighted by Gasteiger charge is -2.44. The molecular formula is C24H30ClFN2O5S. The molecule has 34 heavy (non-hydrogen) atoms. The summed E-state index contributed by atoms with van der Waals surface area (Å²) in [5.41, 5.74) is 1.18. The van der Waals surface area contributed by atoms with E-state index in [1.54, 1.807) is 17.0 Å². The number of benzene rings is 2. The molecule has 10 heteroatoms. The van der Waals surface area contributed by atoms with E-state index in [0.29, 0.717) is 24.7 Å². The quantitative estimate of drug-likeness (QED) is 0.442. The van der Waals surface area contributed by atoms with Crippen LogP contribution in [0.25, 0.3) is 0 Å². The number of hydrogen-bond acceptors (Lipinski definition) is 5. The molecule has 3 rings (SSSR count). The molecule has 2 aromatic rings. The van der Waals surface area contributed by atoms with E-state index < -0.39 is 15.9 Å². The van der Waals surface area contributed by atoms with Crippen LogP contribution in [0.2, 0.25) is 5.02 Å². The summed E-state index contributed by atoms with van der Waals surface area (Å²) in [5, 5.41) is 0.294. The molecule has 1 aliphatic rings. The lowest BCUT2D eigenvalue weighted by Crippen LogP contribution is -2.58. The Bertz CT molecular complexity index is 1080. The molecule has 1 fully saturated rings. The molecule has 1 saturated heterocycles. The summed E-state index contributed by atoms with van der Waals surface area (Å²) in [4.78, 5) is 16.8. The normalized spacial score (nSPS) is 18.7. The molecule has 0 spiro atoms. The van der Waals surface area contributed by atoms with Crippen LogP contribution in [0.15, 0.2) is 55.6 Å². The second-order valence-corrected chi connectivity index (χ2v) is 9.96. The number of halogens is 2. The van der Waals surface area contributed by atoms with Crippen molar-refractivity contribution in [2.75, 3.05) is 19.7 Å². The Kier molecular flexibility index (Phi) is 10.1. The fourth-order valence-electron chi connectivity index (χ4n) is 3.81. The molecule has 1 heterocycles. The summed E-state index contributed by atoms with van der Waals surface area (Å²) in [6.45, 7) is 11.5. The van der Waals surface area contributed by atoms with Gasteiger partial charge in [0.15, 0.2) is 6.61 Å². The molecule has 0 aliphatic carbocycles. The van der Waals surface area contributed by atoms with Crippen molar-refractivity contribution in [3.63, 3.8) is 0 Å². The largest absolute Gasteiger partial charge is 0.483 e. The highest BCUT2D eigenvalue weighted by Crippen LogP contribution is 2.25. The third-order valence-corrected chi connectivity index (χ3v) is 6.36. The summed E-state index contributed by atoms with van der Waals surface area (Å²) >= 11 is 5.91. The first-order chi connectivity index (χ1) is 16.0. The van der Waals surface area contributed by atoms with Gasteiger partial charge < -0.3 is 9.64 Å². The van der Waals surface area contributed by atoms with Gasteiger partial charge in [-0.3, -0.25) is 14.2 Å². The topological polar surface area (TPSA) is 87.2 Å². The van der Waals surface area contributed by atoms with E-state index in [4.69, 9.17) is 20.9 Å². The fraction of sp³-hybridized carbons (Fsp3) is 0.375. The fourth-order valence-corrected chi connectivity index (χ4v) is 4.62. The van der Waals surface area contributed by atoms with Gasteiger partial charge in [0, 0.05) is 42.3 Å². The molecule has 0 bridgehead atoms. The van der Waals surface area contributed by atoms with Gasteiger partial charge in [0.1, 0.15) is 17.3 Å². The van der Waals surface area contributed by atoms with Gasteiger partial charge in [-0.1, -0.05) is 23.7 Å². The molecule has 1 N–H and O–H groups in total. The van der Waals surface area contributed by atoms with Crippen molar-refractivity contribution in [1.82, 2.24) is 9.80 Å². The first-order valence-corrected chi connectivity index (χ1v) is 12.6. The average molecular weight is 513 g/mol. The van der Waals surface area contributed by atoms with Crippen molar-refractivity contribution in [3.8, 4) is 5.75 Å². The third kappa shape index (κ3) is 8.09. The Morgan fingerprint density at radius 1 is 1.15 bits per heavy atom. The van der Waals surface area contributed by atoms with E-state index in [2.05, 4.69) is 18.1 Å². The number of nitrogens with zero attached hydrogens (tertiary/aromatic N) is 2. The van der Waals surface area contributed by atoms with Crippen LogP contribution < -0.4 is 4.74 Å². The molecule has 0 radical (unpaired) electrons. The van der Waals surface area contributed by atoms with Crippen LogP contribution in [0.4, 0.5) is 4.39 Å². The van der Waals surface area contributed by atoms with Crippen LogP contribution in [-0.2, 0) is 27.2 Å². The van der Waals surface area contributed by atoms with Crippen LogP contribution in [0.5, 0.6) is 5.75 Å². The number of ether oxygens (including phenoxy) is 1. The molecule has 2 aromatic carbocycles. The van der Waals surface area contributed by atoms with Gasteiger partial charge in [-0.15, -0.1) is 13.2 Å². The number of carbonyl (C=O) groups excluding carboxylic acids is 1. The number of carbonyl (C=O) groups is 1. The van der Waals surface area contributed by atoms with Crippen LogP contribution in [0.3, 0.4) is 0 Å². The summed E-state index contributed by atoms with van der Waals surface area (Å²) in [5.74, 6) is -0.979. The van der Waals surface area contributed by atoms with Crippen molar-refractivity contribution >= 4 is 27.6 Å². The van der Waals surface area contributed by atoms with Crippen LogP contribution in [0, 0.1) is 5.82 Å². The second kappa shape index (κ2) is 12.3. The number of piperazine rings is 1. The van der Waals surface area contributed by atoms with E-state index in [1.165, 1.54) is 30.3 Å². The first kappa shape index (κ1) is 27.8. The Balaban J connectivity index is 0.00000199. The maximum atomic E-state index is 13.1. The van der Waals surface area contributed by atoms with E-state index >= 15 is 0 Å². The minimum atomic E-state index is -4.29. The van der Waals surface area contributed by atoms with Crippen LogP contribution in [-0.4, -0.2) is 60.5 Å². The molecule has 2 atom stereocenters. The van der Waals surface area contributed by atoms with Gasteiger partial charge in [0.25, 0.3) is 16.0 Å². The summed E-state index contributed by atoms with van der Waals surface area (Å²) < 4.78 is 50.4. The average Bonchev–Trinajstić information content (AvgIpc) is 2.77. The van der Waals surface area contributed by atoms with E-state index in [1.807, 2.05) is 13.8 Å². The SMILES string of the molecule is C=C.C[C@@H]1CN(Cc2ccc(F)cc2)[C@@H](C)CN1C(=O)COc1ccc(Cl)cc1CS(=O)(=O)O. The Labute approximate surface area is 205 Å².